The van der Waals surface area contributed by atoms with E-state index in [-0.39, 0.29) is 17.8 Å². The molecular weight excluding hydrogens is 340 g/mol. The van der Waals surface area contributed by atoms with Crippen molar-refractivity contribution in [3.8, 4) is 0 Å². The molecule has 0 unspecified atom stereocenters. The number of hydrogen-bond donors (Lipinski definition) is 2. The van der Waals surface area contributed by atoms with Gasteiger partial charge in [-0.2, -0.15) is 10.1 Å². The molecule has 9 heteroatoms. The van der Waals surface area contributed by atoms with Crippen LogP contribution in [0.25, 0.3) is 0 Å². The van der Waals surface area contributed by atoms with E-state index in [9.17, 15) is 8.78 Å². The molecule has 2 aromatic heterocycles. The molecule has 0 spiro atoms. The Hall–Kier alpha value is -2.29. The van der Waals surface area contributed by atoms with Crippen molar-refractivity contribution in [3.63, 3.8) is 0 Å². The third-order valence-corrected chi connectivity index (χ3v) is 5.31. The Morgan fingerprint density at radius 1 is 1.23 bits per heavy atom. The minimum Gasteiger partial charge on any atom is -0.371 e. The van der Waals surface area contributed by atoms with Crippen LogP contribution in [0.4, 0.5) is 26.2 Å². The van der Waals surface area contributed by atoms with Crippen molar-refractivity contribution in [2.24, 2.45) is 0 Å². The van der Waals surface area contributed by atoms with Crippen LogP contribution < -0.4 is 10.6 Å². The molecular formula is C17H23F2N7. The Bertz CT molecular complexity index is 761. The Morgan fingerprint density at radius 3 is 2.77 bits per heavy atom. The maximum absolute atomic E-state index is 14.7. The van der Waals surface area contributed by atoms with E-state index in [0.29, 0.717) is 18.3 Å². The van der Waals surface area contributed by atoms with Gasteiger partial charge >= 0.3 is 0 Å². The van der Waals surface area contributed by atoms with Gasteiger partial charge in [-0.05, 0) is 19.3 Å². The first-order valence-electron chi connectivity index (χ1n) is 9.03. The molecule has 1 aliphatic heterocycles. The third kappa shape index (κ3) is 3.35. The highest BCUT2D eigenvalue weighted by atomic mass is 19.1. The fraction of sp³-hybridized carbons (Fsp3) is 0.588. The molecule has 4 rings (SSSR count). The van der Waals surface area contributed by atoms with Crippen molar-refractivity contribution in [1.82, 2.24) is 24.6 Å². The van der Waals surface area contributed by atoms with Gasteiger partial charge in [-0.15, -0.1) is 0 Å². The average Bonchev–Trinajstić information content (AvgIpc) is 3.03. The fourth-order valence-electron chi connectivity index (χ4n) is 3.61. The van der Waals surface area contributed by atoms with E-state index in [4.69, 9.17) is 0 Å². The van der Waals surface area contributed by atoms with Gasteiger partial charge in [0, 0.05) is 32.4 Å². The number of likely N-dealkylation sites (tertiary alicyclic amines) is 1. The van der Waals surface area contributed by atoms with Crippen molar-refractivity contribution in [2.45, 2.75) is 43.9 Å². The largest absolute Gasteiger partial charge is 0.371 e. The molecule has 140 valence electrons. The van der Waals surface area contributed by atoms with Crippen LogP contribution in [0.5, 0.6) is 0 Å². The summed E-state index contributed by atoms with van der Waals surface area (Å²) in [6.45, 7) is 1.38. The maximum atomic E-state index is 14.7. The molecule has 1 saturated carbocycles. The van der Waals surface area contributed by atoms with Gasteiger partial charge in [0.05, 0.1) is 24.1 Å². The van der Waals surface area contributed by atoms with Gasteiger partial charge in [0.2, 0.25) is 5.95 Å². The predicted molar refractivity (Wildman–Crippen MR) is 94.8 cm³/mol. The second-order valence-electron chi connectivity index (χ2n) is 6.93. The SMILES string of the molecule is CNc1nc(Nc2cnn([C@@H]3CCN(C4CCC4)C[C@H]3F)c2)ncc1F. The molecule has 1 aliphatic carbocycles. The summed E-state index contributed by atoms with van der Waals surface area (Å²) in [6, 6.07) is 0.310. The smallest absolute Gasteiger partial charge is 0.229 e. The number of piperidine rings is 1. The Morgan fingerprint density at radius 2 is 2.08 bits per heavy atom. The van der Waals surface area contributed by atoms with Gasteiger partial charge in [0.15, 0.2) is 11.6 Å². The molecule has 0 bridgehead atoms. The first-order chi connectivity index (χ1) is 12.6. The zero-order chi connectivity index (χ0) is 18.1. The zero-order valence-electron chi connectivity index (χ0n) is 14.7. The van der Waals surface area contributed by atoms with Crippen LogP contribution in [-0.4, -0.2) is 57.0 Å². The van der Waals surface area contributed by atoms with Crippen LogP contribution in [0, 0.1) is 5.82 Å². The van der Waals surface area contributed by atoms with Gasteiger partial charge in [-0.1, -0.05) is 6.42 Å². The minimum absolute atomic E-state index is 0.113. The van der Waals surface area contributed by atoms with Crippen molar-refractivity contribution >= 4 is 17.5 Å². The number of anilines is 3. The van der Waals surface area contributed by atoms with Crippen molar-refractivity contribution in [3.05, 3.63) is 24.4 Å². The summed E-state index contributed by atoms with van der Waals surface area (Å²) >= 11 is 0. The lowest BCUT2D eigenvalue weighted by atomic mass is 9.89. The summed E-state index contributed by atoms with van der Waals surface area (Å²) in [6.07, 6.45) is 7.92. The molecule has 2 atom stereocenters. The van der Waals surface area contributed by atoms with Gasteiger partial charge < -0.3 is 10.6 Å². The number of nitrogens with zero attached hydrogens (tertiary/aromatic N) is 5. The van der Waals surface area contributed by atoms with Gasteiger partial charge in [0.1, 0.15) is 6.17 Å². The van der Waals surface area contributed by atoms with Crippen molar-refractivity contribution in [1.29, 1.82) is 0 Å². The number of aromatic nitrogens is 4. The first kappa shape index (κ1) is 17.1. The lowest BCUT2D eigenvalue weighted by Crippen LogP contribution is -2.49. The zero-order valence-corrected chi connectivity index (χ0v) is 14.7. The van der Waals surface area contributed by atoms with Crippen LogP contribution in [0.1, 0.15) is 31.7 Å². The summed E-state index contributed by atoms with van der Waals surface area (Å²) in [5, 5.41) is 9.95. The van der Waals surface area contributed by atoms with E-state index >= 15 is 0 Å². The lowest BCUT2D eigenvalue weighted by molar-refractivity contribution is 0.0301. The van der Waals surface area contributed by atoms with Crippen molar-refractivity contribution in [2.75, 3.05) is 30.8 Å². The Kier molecular flexibility index (Phi) is 4.71. The maximum Gasteiger partial charge on any atom is 0.229 e. The van der Waals surface area contributed by atoms with Crippen LogP contribution in [-0.2, 0) is 0 Å². The number of hydrogen-bond acceptors (Lipinski definition) is 6. The molecule has 1 saturated heterocycles. The Balaban J connectivity index is 1.41. The molecule has 3 heterocycles. The predicted octanol–water partition coefficient (Wildman–Crippen LogP) is 2.73. The van der Waals surface area contributed by atoms with Crippen LogP contribution >= 0.6 is 0 Å². The molecule has 7 nitrogen and oxygen atoms in total. The van der Waals surface area contributed by atoms with Gasteiger partial charge in [0.25, 0.3) is 0 Å². The van der Waals surface area contributed by atoms with E-state index < -0.39 is 12.0 Å². The van der Waals surface area contributed by atoms with E-state index in [1.807, 2.05) is 0 Å². The number of nitrogens with one attached hydrogen (secondary N) is 2. The molecule has 0 radical (unpaired) electrons. The second-order valence-corrected chi connectivity index (χ2v) is 6.93. The summed E-state index contributed by atoms with van der Waals surface area (Å²) in [5.41, 5.74) is 0.646. The van der Waals surface area contributed by atoms with E-state index in [2.05, 4.69) is 30.6 Å². The standard InChI is InChI=1S/C17H23F2N7/c1-20-16-13(18)8-21-17(24-16)23-11-7-22-26(9-11)15-5-6-25(10-14(15)19)12-3-2-4-12/h7-9,12,14-15H,2-6,10H2,1H3,(H2,20,21,23,24)/t14-,15-/m1/s1. The third-order valence-electron chi connectivity index (χ3n) is 5.31. The highest BCUT2D eigenvalue weighted by Gasteiger charge is 2.35. The highest BCUT2D eigenvalue weighted by Crippen LogP contribution is 2.32. The fourth-order valence-corrected chi connectivity index (χ4v) is 3.61. The van der Waals surface area contributed by atoms with Crippen LogP contribution in [0.2, 0.25) is 0 Å². The summed E-state index contributed by atoms with van der Waals surface area (Å²) < 4.78 is 29.8. The molecule has 0 amide bonds. The first-order valence-corrected chi connectivity index (χ1v) is 9.03. The van der Waals surface area contributed by atoms with E-state index in [0.717, 1.165) is 19.2 Å². The number of alkyl halides is 1. The summed E-state index contributed by atoms with van der Waals surface area (Å²) in [7, 11) is 1.59. The Labute approximate surface area is 150 Å². The normalized spacial score (nSPS) is 24.3. The summed E-state index contributed by atoms with van der Waals surface area (Å²) in [4.78, 5) is 10.2. The van der Waals surface area contributed by atoms with Gasteiger partial charge in [-0.25, -0.2) is 13.8 Å². The molecule has 0 aromatic carbocycles. The van der Waals surface area contributed by atoms with Crippen LogP contribution in [0.15, 0.2) is 18.6 Å². The summed E-state index contributed by atoms with van der Waals surface area (Å²) in [5.74, 6) is -0.152. The lowest BCUT2D eigenvalue weighted by Gasteiger charge is -2.43. The topological polar surface area (TPSA) is 70.9 Å². The quantitative estimate of drug-likeness (QED) is 0.851. The average molecular weight is 363 g/mol. The van der Waals surface area contributed by atoms with Crippen molar-refractivity contribution < 1.29 is 8.78 Å². The monoisotopic (exact) mass is 363 g/mol. The molecule has 2 fully saturated rings. The molecule has 2 aliphatic rings. The number of halogens is 2. The van der Waals surface area contributed by atoms with E-state index in [1.54, 1.807) is 24.1 Å². The minimum atomic E-state index is -0.935. The number of rotatable bonds is 5. The van der Waals surface area contributed by atoms with E-state index in [1.165, 1.54) is 19.3 Å². The van der Waals surface area contributed by atoms with Gasteiger partial charge in [-0.3, -0.25) is 9.58 Å². The molecule has 2 aromatic rings. The highest BCUT2D eigenvalue weighted by molar-refractivity contribution is 5.52. The molecule has 26 heavy (non-hydrogen) atoms. The van der Waals surface area contributed by atoms with Crippen LogP contribution in [0.3, 0.4) is 0 Å². The second kappa shape index (κ2) is 7.14. The molecule has 2 N–H and O–H groups in total.